The standard InChI is InChI=1S/C28H26N4O2.C23H20N4O2.C10H18O3/c1-18(2)16-25-30-27(31-34-25)22-14-15-23-24(17-22)29-19(3)32(28(23)33)26(20-10-6-4-7-11-20)21-12-8-5-9-13-21;1-15-25-20-14-18(22(24)26-29)12-13-19(20)23(28)27(15)21(16-8-4-2-5-9-16)17-10-6-3-7-11-17;1-7(2)5-9(11)13-10(12)6-8(3)4/h4-15,17-18,26H,16H2,1-3H3;2-14,21,29H,1H3,(H2,24,26);7-8H,5-6H2,1-4H3. The molecule has 0 saturated heterocycles. The zero-order chi connectivity index (χ0) is 54.5. The number of hydrogen-bond acceptors (Lipinski definition) is 12. The first-order valence-corrected chi connectivity index (χ1v) is 25.3. The van der Waals surface area contributed by atoms with Crippen LogP contribution in [0.25, 0.3) is 33.2 Å². The molecule has 0 amide bonds. The van der Waals surface area contributed by atoms with E-state index < -0.39 is 11.9 Å². The SMILES string of the molecule is CC(C)CC(=O)OC(=O)CC(C)C.Cc1nc2cc(-c3noc(CC(C)C)n3)ccc2c(=O)n1C(c1ccccc1)c1ccccc1.Cc1nc2cc(/C(N)=N/O)ccc2c(=O)n1C(c1ccccc1)c1ccccc1. The summed E-state index contributed by atoms with van der Waals surface area (Å²) >= 11 is 0. The molecule has 9 rings (SSSR count). The minimum atomic E-state index is -0.416. The van der Waals surface area contributed by atoms with Crippen molar-refractivity contribution < 1.29 is 24.1 Å². The molecule has 0 aliphatic carbocycles. The van der Waals surface area contributed by atoms with Gasteiger partial charge in [0.25, 0.3) is 11.1 Å². The maximum atomic E-state index is 13.8. The highest BCUT2D eigenvalue weighted by atomic mass is 16.6. The lowest BCUT2D eigenvalue weighted by Crippen LogP contribution is -2.29. The summed E-state index contributed by atoms with van der Waals surface area (Å²) in [6, 6.07) is 49.8. The molecule has 0 spiro atoms. The van der Waals surface area contributed by atoms with E-state index in [1.54, 1.807) is 27.3 Å². The van der Waals surface area contributed by atoms with Gasteiger partial charge in [-0.1, -0.05) is 185 Å². The number of nitrogens with zero attached hydrogens (tertiary/aromatic N) is 7. The van der Waals surface area contributed by atoms with Crippen molar-refractivity contribution in [2.45, 2.75) is 86.7 Å². The van der Waals surface area contributed by atoms with Crippen molar-refractivity contribution in [1.29, 1.82) is 0 Å². The fourth-order valence-corrected chi connectivity index (χ4v) is 8.79. The summed E-state index contributed by atoms with van der Waals surface area (Å²) in [7, 11) is 0. The molecule has 0 aliphatic heterocycles. The summed E-state index contributed by atoms with van der Waals surface area (Å²) in [6.45, 7) is 15.5. The fraction of sp³-hybridized carbons (Fsp3) is 0.262. The van der Waals surface area contributed by atoms with E-state index in [4.69, 9.17) is 20.4 Å². The van der Waals surface area contributed by atoms with E-state index in [0.29, 0.717) is 69.5 Å². The highest BCUT2D eigenvalue weighted by molar-refractivity contribution is 6.00. The predicted octanol–water partition coefficient (Wildman–Crippen LogP) is 11.2. The number of aryl methyl sites for hydroxylation is 2. The van der Waals surface area contributed by atoms with Gasteiger partial charge in [0.1, 0.15) is 11.6 Å². The number of ether oxygens (including phenoxy) is 1. The van der Waals surface area contributed by atoms with Crippen LogP contribution in [0.2, 0.25) is 0 Å². The van der Waals surface area contributed by atoms with Crippen LogP contribution in [0.3, 0.4) is 0 Å². The molecule has 15 heteroatoms. The largest absolute Gasteiger partial charge is 0.409 e. The fourth-order valence-electron chi connectivity index (χ4n) is 8.79. The van der Waals surface area contributed by atoms with Crippen molar-refractivity contribution in [2.24, 2.45) is 28.6 Å². The Morgan fingerprint density at radius 3 is 1.38 bits per heavy atom. The lowest BCUT2D eigenvalue weighted by atomic mass is 9.98. The minimum Gasteiger partial charge on any atom is -0.409 e. The van der Waals surface area contributed by atoms with Gasteiger partial charge >= 0.3 is 11.9 Å². The maximum Gasteiger partial charge on any atom is 0.313 e. The lowest BCUT2D eigenvalue weighted by molar-refractivity contribution is -0.160. The average Bonchev–Trinajstić information content (AvgIpc) is 3.87. The third-order valence-electron chi connectivity index (χ3n) is 12.2. The van der Waals surface area contributed by atoms with Gasteiger partial charge in [0, 0.05) is 30.4 Å². The number of carbonyl (C=O) groups excluding carboxylic acids is 2. The predicted molar refractivity (Wildman–Crippen MR) is 296 cm³/mol. The molecule has 0 fully saturated rings. The molecule has 15 nitrogen and oxygen atoms in total. The second kappa shape index (κ2) is 25.4. The number of hydrogen-bond donors (Lipinski definition) is 2. The Bertz CT molecular complexity index is 3460. The van der Waals surface area contributed by atoms with Gasteiger partial charge in [-0.2, -0.15) is 4.98 Å². The highest BCUT2D eigenvalue weighted by Crippen LogP contribution is 2.30. The molecule has 0 atom stereocenters. The minimum absolute atomic E-state index is 0.0259. The molecule has 390 valence electrons. The van der Waals surface area contributed by atoms with Gasteiger partial charge in [-0.3, -0.25) is 28.3 Å². The Labute approximate surface area is 441 Å². The molecule has 0 unspecified atom stereocenters. The number of fused-ring (bicyclic) bond motifs is 2. The number of nitrogens with two attached hydrogens (primary N) is 1. The lowest BCUT2D eigenvalue weighted by Gasteiger charge is -2.23. The summed E-state index contributed by atoms with van der Waals surface area (Å²) in [6.07, 6.45) is 1.34. The molecule has 0 radical (unpaired) electrons. The molecular formula is C61H64N8O7. The zero-order valence-corrected chi connectivity index (χ0v) is 44.1. The van der Waals surface area contributed by atoms with E-state index in [9.17, 15) is 19.2 Å². The van der Waals surface area contributed by atoms with Crippen LogP contribution in [0.1, 0.15) is 112 Å². The molecule has 3 N–H and O–H groups in total. The van der Waals surface area contributed by atoms with Crippen molar-refractivity contribution in [3.05, 3.63) is 224 Å². The maximum absolute atomic E-state index is 13.8. The molecule has 6 aromatic carbocycles. The van der Waals surface area contributed by atoms with Crippen LogP contribution in [-0.2, 0) is 20.7 Å². The third-order valence-corrected chi connectivity index (χ3v) is 12.2. The summed E-state index contributed by atoms with van der Waals surface area (Å²) in [5.41, 5.74) is 11.9. The quantitative estimate of drug-likeness (QED) is 0.0260. The molecule has 3 aromatic heterocycles. The number of aromatic nitrogens is 6. The summed E-state index contributed by atoms with van der Waals surface area (Å²) in [5.74, 6) is 2.38. The number of esters is 2. The number of rotatable bonds is 14. The Hall–Kier alpha value is -8.85. The van der Waals surface area contributed by atoms with Gasteiger partial charge in [0.05, 0.1) is 33.9 Å². The van der Waals surface area contributed by atoms with Crippen LogP contribution < -0.4 is 16.9 Å². The molecule has 0 bridgehead atoms. The van der Waals surface area contributed by atoms with Crippen LogP contribution in [0.15, 0.2) is 177 Å². The first-order chi connectivity index (χ1) is 36.5. The highest BCUT2D eigenvalue weighted by Gasteiger charge is 2.24. The van der Waals surface area contributed by atoms with Crippen molar-refractivity contribution >= 4 is 39.6 Å². The van der Waals surface area contributed by atoms with Gasteiger partial charge < -0.3 is 20.2 Å². The van der Waals surface area contributed by atoms with Gasteiger partial charge in [0.15, 0.2) is 5.84 Å². The zero-order valence-electron chi connectivity index (χ0n) is 44.1. The van der Waals surface area contributed by atoms with Gasteiger partial charge in [0.2, 0.25) is 11.7 Å². The van der Waals surface area contributed by atoms with E-state index >= 15 is 0 Å². The molecule has 76 heavy (non-hydrogen) atoms. The van der Waals surface area contributed by atoms with Crippen LogP contribution in [0.4, 0.5) is 0 Å². The van der Waals surface area contributed by atoms with Crippen LogP contribution in [0, 0.1) is 31.6 Å². The molecule has 0 saturated carbocycles. The van der Waals surface area contributed by atoms with E-state index in [0.717, 1.165) is 34.2 Å². The Balaban J connectivity index is 0.000000182. The first-order valence-electron chi connectivity index (χ1n) is 25.3. The monoisotopic (exact) mass is 1020 g/mol. The van der Waals surface area contributed by atoms with Gasteiger partial charge in [-0.15, -0.1) is 0 Å². The van der Waals surface area contributed by atoms with Crippen molar-refractivity contribution in [3.63, 3.8) is 0 Å². The Morgan fingerprint density at radius 1 is 0.579 bits per heavy atom. The van der Waals surface area contributed by atoms with Crippen LogP contribution in [0.5, 0.6) is 0 Å². The average molecular weight is 1020 g/mol. The molecule has 0 aliphatic rings. The molecule has 3 heterocycles. The summed E-state index contributed by atoms with van der Waals surface area (Å²) in [5, 5.41) is 17.1. The van der Waals surface area contributed by atoms with Crippen molar-refractivity contribution in [1.82, 2.24) is 29.2 Å². The Morgan fingerprint density at radius 2 is 0.987 bits per heavy atom. The second-order valence-electron chi connectivity index (χ2n) is 19.7. The van der Waals surface area contributed by atoms with E-state index in [2.05, 4.69) is 38.9 Å². The normalized spacial score (nSPS) is 11.5. The number of oxime groups is 1. The summed E-state index contributed by atoms with van der Waals surface area (Å²) in [4.78, 5) is 63.3. The molecule has 9 aromatic rings. The van der Waals surface area contributed by atoms with E-state index in [1.165, 1.54) is 0 Å². The number of benzene rings is 6. The van der Waals surface area contributed by atoms with Crippen LogP contribution in [-0.4, -0.2) is 52.2 Å². The smallest absolute Gasteiger partial charge is 0.313 e. The van der Waals surface area contributed by atoms with Crippen LogP contribution >= 0.6 is 0 Å². The topological polar surface area (TPSA) is 211 Å². The first kappa shape index (κ1) is 54.9. The third kappa shape index (κ3) is 13.6. The van der Waals surface area contributed by atoms with Gasteiger partial charge in [-0.25, -0.2) is 9.97 Å². The second-order valence-corrected chi connectivity index (χ2v) is 19.7. The Kier molecular flexibility index (Phi) is 18.3. The van der Waals surface area contributed by atoms with Gasteiger partial charge in [-0.05, 0) is 78.1 Å². The molecular weight excluding hydrogens is 957 g/mol. The van der Waals surface area contributed by atoms with Crippen molar-refractivity contribution in [3.8, 4) is 11.4 Å². The van der Waals surface area contributed by atoms with E-state index in [-0.39, 0.29) is 40.9 Å². The van der Waals surface area contributed by atoms with E-state index in [1.807, 2.05) is 181 Å². The number of amidine groups is 1. The summed E-state index contributed by atoms with van der Waals surface area (Å²) < 4.78 is 13.5. The van der Waals surface area contributed by atoms with Crippen molar-refractivity contribution in [2.75, 3.05) is 0 Å². The number of carbonyl (C=O) groups is 2.